The fourth-order valence-electron chi connectivity index (χ4n) is 2.51. The summed E-state index contributed by atoms with van der Waals surface area (Å²) in [4.78, 5) is 8.85. The number of aliphatic imine (C=N–C) groups is 1. The molecule has 0 atom stereocenters. The number of benzene rings is 1. The van der Waals surface area contributed by atoms with Gasteiger partial charge in [0.15, 0.2) is 5.96 Å². The van der Waals surface area contributed by atoms with E-state index in [4.69, 9.17) is 14.2 Å². The highest BCUT2D eigenvalue weighted by Gasteiger charge is 2.01. The van der Waals surface area contributed by atoms with E-state index in [9.17, 15) is 4.39 Å². The molecule has 1 aromatic carbocycles. The third kappa shape index (κ3) is 12.2. The molecule has 2 N–H and O–H groups in total. The van der Waals surface area contributed by atoms with Crippen LogP contribution in [0.15, 0.2) is 47.6 Å². The number of hydrogen-bond acceptors (Lipinski definition) is 5. The average Bonchev–Trinajstić information content (AvgIpc) is 2.79. The van der Waals surface area contributed by atoms with Crippen LogP contribution in [0.2, 0.25) is 0 Å². The monoisotopic (exact) mass is 560 g/mol. The Morgan fingerprint density at radius 2 is 1.72 bits per heavy atom. The largest absolute Gasteiger partial charge is 0.439 e. The van der Waals surface area contributed by atoms with Crippen LogP contribution in [0.25, 0.3) is 0 Å². The predicted molar refractivity (Wildman–Crippen MR) is 135 cm³/mol. The van der Waals surface area contributed by atoms with E-state index in [0.717, 1.165) is 37.5 Å². The lowest BCUT2D eigenvalue weighted by Gasteiger charge is -2.12. The third-order valence-corrected chi connectivity index (χ3v) is 4.15. The number of ether oxygens (including phenoxy) is 3. The zero-order valence-corrected chi connectivity index (χ0v) is 21.1. The lowest BCUT2D eigenvalue weighted by atomic mass is 10.3. The van der Waals surface area contributed by atoms with Crippen LogP contribution in [0.5, 0.6) is 11.6 Å². The second-order valence-corrected chi connectivity index (χ2v) is 6.76. The molecule has 2 rings (SSSR count). The molecule has 1 aromatic heterocycles. The Morgan fingerprint density at radius 1 is 0.969 bits per heavy atom. The number of guanidine groups is 1. The van der Waals surface area contributed by atoms with Crippen molar-refractivity contribution in [3.63, 3.8) is 0 Å². The predicted octanol–water partition coefficient (Wildman–Crippen LogP) is 4.52. The van der Waals surface area contributed by atoms with Crippen LogP contribution in [0.3, 0.4) is 0 Å². The number of nitrogens with one attached hydrogen (secondary N) is 2. The van der Waals surface area contributed by atoms with Crippen molar-refractivity contribution in [3.8, 4) is 11.6 Å². The first kappa shape index (κ1) is 28.1. The number of unbranched alkanes of at least 4 members (excludes halogenated alkanes) is 1. The Morgan fingerprint density at radius 3 is 2.38 bits per heavy atom. The summed E-state index contributed by atoms with van der Waals surface area (Å²) in [6, 6.07) is 9.49. The van der Waals surface area contributed by atoms with Crippen molar-refractivity contribution < 1.29 is 18.6 Å². The van der Waals surface area contributed by atoms with Gasteiger partial charge in [0.25, 0.3) is 0 Å². The smallest absolute Gasteiger partial charge is 0.219 e. The van der Waals surface area contributed by atoms with Gasteiger partial charge in [-0.2, -0.15) is 0 Å². The topological polar surface area (TPSA) is 77.0 Å². The molecule has 0 saturated carbocycles. The van der Waals surface area contributed by atoms with E-state index in [-0.39, 0.29) is 29.8 Å². The lowest BCUT2D eigenvalue weighted by molar-refractivity contribution is 0.0487. The lowest BCUT2D eigenvalue weighted by Crippen LogP contribution is -2.39. The van der Waals surface area contributed by atoms with E-state index in [1.165, 1.54) is 12.1 Å². The molecule has 0 aliphatic carbocycles. The normalized spacial score (nSPS) is 11.0. The fourth-order valence-corrected chi connectivity index (χ4v) is 2.51. The van der Waals surface area contributed by atoms with Crippen LogP contribution in [0, 0.1) is 5.82 Å². The van der Waals surface area contributed by atoms with Crippen LogP contribution in [-0.4, -0.2) is 50.5 Å². The molecular formula is C23H34FIN4O3. The van der Waals surface area contributed by atoms with Crippen LogP contribution in [0.1, 0.15) is 32.3 Å². The Labute approximate surface area is 207 Å². The summed E-state index contributed by atoms with van der Waals surface area (Å²) in [7, 11) is 0. The number of nitrogens with zero attached hydrogens (tertiary/aromatic N) is 2. The maximum atomic E-state index is 13.0. The number of aromatic nitrogens is 1. The summed E-state index contributed by atoms with van der Waals surface area (Å²) in [5.74, 6) is 1.40. The molecule has 0 aliphatic heterocycles. The molecule has 0 radical (unpaired) electrons. The second-order valence-electron chi connectivity index (χ2n) is 6.76. The van der Waals surface area contributed by atoms with Gasteiger partial charge in [-0.25, -0.2) is 14.4 Å². The van der Waals surface area contributed by atoms with Gasteiger partial charge in [-0.05, 0) is 43.2 Å². The van der Waals surface area contributed by atoms with Crippen LogP contribution in [0.4, 0.5) is 4.39 Å². The molecule has 2 aromatic rings. The third-order valence-electron chi connectivity index (χ3n) is 4.15. The Bertz CT molecular complexity index is 761. The maximum absolute atomic E-state index is 13.0. The van der Waals surface area contributed by atoms with Crippen LogP contribution >= 0.6 is 24.0 Å². The van der Waals surface area contributed by atoms with Gasteiger partial charge in [0.05, 0.1) is 26.4 Å². The highest BCUT2D eigenvalue weighted by molar-refractivity contribution is 14.0. The number of rotatable bonds is 14. The first-order chi connectivity index (χ1) is 15.2. The molecule has 32 heavy (non-hydrogen) atoms. The molecule has 0 spiro atoms. The molecular weight excluding hydrogens is 526 g/mol. The van der Waals surface area contributed by atoms with Gasteiger partial charge in [-0.15, -0.1) is 24.0 Å². The Balaban J connectivity index is 0.00000512. The van der Waals surface area contributed by atoms with Crippen molar-refractivity contribution in [2.75, 3.05) is 39.5 Å². The van der Waals surface area contributed by atoms with Gasteiger partial charge in [0.2, 0.25) is 5.88 Å². The van der Waals surface area contributed by atoms with Gasteiger partial charge in [0, 0.05) is 32.0 Å². The van der Waals surface area contributed by atoms with Crippen molar-refractivity contribution in [1.29, 1.82) is 0 Å². The van der Waals surface area contributed by atoms with Gasteiger partial charge in [-0.3, -0.25) is 0 Å². The molecule has 0 saturated heterocycles. The fraction of sp³-hybridized carbons (Fsp3) is 0.478. The zero-order chi connectivity index (χ0) is 22.2. The Kier molecular flexibility index (Phi) is 15.4. The average molecular weight is 560 g/mol. The molecule has 0 amide bonds. The summed E-state index contributed by atoms with van der Waals surface area (Å²) >= 11 is 0. The first-order valence-electron chi connectivity index (χ1n) is 10.8. The number of halogens is 2. The summed E-state index contributed by atoms with van der Waals surface area (Å²) < 4.78 is 29.6. The van der Waals surface area contributed by atoms with E-state index in [1.807, 2.05) is 13.0 Å². The van der Waals surface area contributed by atoms with Crippen LogP contribution in [-0.2, 0) is 16.0 Å². The van der Waals surface area contributed by atoms with Crippen LogP contribution < -0.4 is 15.4 Å². The first-order valence-corrected chi connectivity index (χ1v) is 10.8. The minimum absolute atomic E-state index is 0. The second kappa shape index (κ2) is 17.6. The highest BCUT2D eigenvalue weighted by Crippen LogP contribution is 2.19. The summed E-state index contributed by atoms with van der Waals surface area (Å²) in [5, 5.41) is 6.46. The standard InChI is InChI=1S/C23H33FN4O3.HI/c1-3-5-13-29-15-16-30-14-12-26-23(25-4-2)28-18-19-6-11-22(27-17-19)31-21-9-7-20(24)8-10-21;/h6-11,17H,3-5,12-16,18H2,1-2H3,(H2,25,26,28);1H. The molecule has 0 aliphatic rings. The molecule has 1 heterocycles. The SMILES string of the molecule is CCCCOCCOCCNC(=NCc1ccc(Oc2ccc(F)cc2)nc1)NCC.I. The van der Waals surface area contributed by atoms with Crippen molar-refractivity contribution >= 4 is 29.9 Å². The summed E-state index contributed by atoms with van der Waals surface area (Å²) in [5.41, 5.74) is 0.948. The van der Waals surface area contributed by atoms with Crippen molar-refractivity contribution in [1.82, 2.24) is 15.6 Å². The number of pyridine rings is 1. The van der Waals surface area contributed by atoms with E-state index in [0.29, 0.717) is 44.5 Å². The van der Waals surface area contributed by atoms with E-state index >= 15 is 0 Å². The van der Waals surface area contributed by atoms with Crippen molar-refractivity contribution in [3.05, 3.63) is 54.0 Å². The molecule has 7 nitrogen and oxygen atoms in total. The molecule has 9 heteroatoms. The highest BCUT2D eigenvalue weighted by atomic mass is 127. The van der Waals surface area contributed by atoms with Crippen molar-refractivity contribution in [2.45, 2.75) is 33.2 Å². The molecule has 0 fully saturated rings. The maximum Gasteiger partial charge on any atom is 0.219 e. The van der Waals surface area contributed by atoms with E-state index in [1.54, 1.807) is 24.4 Å². The molecule has 0 unspecified atom stereocenters. The minimum Gasteiger partial charge on any atom is -0.439 e. The minimum atomic E-state index is -0.304. The van der Waals surface area contributed by atoms with Gasteiger partial charge in [0.1, 0.15) is 11.6 Å². The van der Waals surface area contributed by atoms with E-state index in [2.05, 4.69) is 27.5 Å². The Hall–Kier alpha value is -1.98. The van der Waals surface area contributed by atoms with Gasteiger partial charge >= 0.3 is 0 Å². The van der Waals surface area contributed by atoms with Gasteiger partial charge < -0.3 is 24.8 Å². The molecule has 178 valence electrons. The van der Waals surface area contributed by atoms with Gasteiger partial charge in [-0.1, -0.05) is 19.4 Å². The number of hydrogen-bond donors (Lipinski definition) is 2. The van der Waals surface area contributed by atoms with Crippen molar-refractivity contribution in [2.24, 2.45) is 4.99 Å². The zero-order valence-electron chi connectivity index (χ0n) is 18.8. The summed E-state index contributed by atoms with van der Waals surface area (Å²) in [6.45, 7) is 8.66. The molecule has 0 bridgehead atoms. The summed E-state index contributed by atoms with van der Waals surface area (Å²) in [6.07, 6.45) is 3.94. The quantitative estimate of drug-likeness (QED) is 0.153. The van der Waals surface area contributed by atoms with E-state index < -0.39 is 0 Å².